The van der Waals surface area contributed by atoms with Gasteiger partial charge in [0.1, 0.15) is 0 Å². The summed E-state index contributed by atoms with van der Waals surface area (Å²) in [6, 6.07) is 23.6. The van der Waals surface area contributed by atoms with E-state index in [-0.39, 0.29) is 11.8 Å². The molecule has 1 atom stereocenters. The van der Waals surface area contributed by atoms with E-state index in [2.05, 4.69) is 28.4 Å². The minimum absolute atomic E-state index is 0.0457. The normalized spacial score (nSPS) is 15.6. The van der Waals surface area contributed by atoms with Gasteiger partial charge in [-0.15, -0.1) is 0 Å². The Hall–Kier alpha value is -2.78. The van der Waals surface area contributed by atoms with Crippen molar-refractivity contribution in [1.29, 1.82) is 0 Å². The highest BCUT2D eigenvalue weighted by atomic mass is 35.5. The molecular formula is C22H19ClN2O. The van der Waals surface area contributed by atoms with Crippen molar-refractivity contribution in [2.75, 3.05) is 17.3 Å². The largest absolute Gasteiger partial charge is 0.344 e. The summed E-state index contributed by atoms with van der Waals surface area (Å²) in [5.41, 5.74) is 5.01. The zero-order valence-corrected chi connectivity index (χ0v) is 15.2. The average Bonchev–Trinajstić information content (AvgIpc) is 2.79. The summed E-state index contributed by atoms with van der Waals surface area (Å²) in [4.78, 5) is 15.3. The van der Waals surface area contributed by atoms with E-state index in [1.54, 1.807) is 6.07 Å². The molecule has 4 rings (SSSR count). The van der Waals surface area contributed by atoms with Crippen LogP contribution in [-0.2, 0) is 11.2 Å². The Balaban J connectivity index is 1.77. The summed E-state index contributed by atoms with van der Waals surface area (Å²) in [5.74, 6) is -0.329. The van der Waals surface area contributed by atoms with E-state index in [0.29, 0.717) is 17.1 Å². The molecule has 4 heteroatoms. The van der Waals surface area contributed by atoms with Crippen LogP contribution in [0.3, 0.4) is 0 Å². The van der Waals surface area contributed by atoms with E-state index >= 15 is 0 Å². The Morgan fingerprint density at radius 1 is 0.962 bits per heavy atom. The molecule has 3 nitrogen and oxygen atoms in total. The molecule has 26 heavy (non-hydrogen) atoms. The number of anilines is 3. The average molecular weight is 363 g/mol. The molecule has 1 N–H and O–H groups in total. The Morgan fingerprint density at radius 2 is 1.62 bits per heavy atom. The maximum Gasteiger partial charge on any atom is 0.232 e. The molecule has 0 radical (unpaired) electrons. The molecule has 0 saturated heterocycles. The van der Waals surface area contributed by atoms with Gasteiger partial charge in [0.05, 0.1) is 16.6 Å². The zero-order valence-electron chi connectivity index (χ0n) is 14.4. The highest BCUT2D eigenvalue weighted by Gasteiger charge is 2.29. The van der Waals surface area contributed by atoms with Gasteiger partial charge in [-0.25, -0.2) is 0 Å². The van der Waals surface area contributed by atoms with Crippen molar-refractivity contribution in [3.63, 3.8) is 0 Å². The number of nitrogens with zero attached hydrogens (tertiary/aromatic N) is 1. The maximum absolute atomic E-state index is 13.2. The molecule has 3 aromatic carbocycles. The number of amides is 1. The Labute approximate surface area is 158 Å². The third-order valence-corrected chi connectivity index (χ3v) is 5.23. The van der Waals surface area contributed by atoms with Gasteiger partial charge in [-0.3, -0.25) is 4.79 Å². The van der Waals surface area contributed by atoms with Crippen molar-refractivity contribution in [2.45, 2.75) is 12.3 Å². The first-order valence-electron chi connectivity index (χ1n) is 8.61. The van der Waals surface area contributed by atoms with Crippen LogP contribution in [0.4, 0.5) is 17.1 Å². The standard InChI is InChI=1S/C22H19ClN2O/c1-25-20-12-6-2-8-15(20)14-17(16-9-3-7-13-21(16)25)22(26)24-19-11-5-4-10-18(19)23/h2-13,17H,14H2,1H3,(H,24,26). The second kappa shape index (κ2) is 6.85. The lowest BCUT2D eigenvalue weighted by atomic mass is 9.91. The van der Waals surface area contributed by atoms with Crippen molar-refractivity contribution in [2.24, 2.45) is 0 Å². The Morgan fingerprint density at radius 3 is 2.42 bits per heavy atom. The topological polar surface area (TPSA) is 32.3 Å². The van der Waals surface area contributed by atoms with Crippen LogP contribution in [0.5, 0.6) is 0 Å². The monoisotopic (exact) mass is 362 g/mol. The van der Waals surface area contributed by atoms with Gasteiger partial charge in [-0.1, -0.05) is 60.1 Å². The number of carbonyl (C=O) groups excluding carboxylic acids is 1. The summed E-state index contributed by atoms with van der Waals surface area (Å²) in [6.07, 6.45) is 0.647. The molecule has 0 aromatic heterocycles. The van der Waals surface area contributed by atoms with Gasteiger partial charge in [0.2, 0.25) is 5.91 Å². The molecule has 1 aliphatic heterocycles. The molecule has 0 spiro atoms. The summed E-state index contributed by atoms with van der Waals surface area (Å²) >= 11 is 6.22. The molecule has 0 fully saturated rings. The van der Waals surface area contributed by atoms with Gasteiger partial charge in [0.15, 0.2) is 0 Å². The third-order valence-electron chi connectivity index (χ3n) is 4.90. The second-order valence-corrected chi connectivity index (χ2v) is 6.88. The smallest absolute Gasteiger partial charge is 0.232 e. The molecule has 3 aromatic rings. The zero-order chi connectivity index (χ0) is 18.1. The minimum atomic E-state index is -0.284. The van der Waals surface area contributed by atoms with E-state index in [0.717, 1.165) is 22.5 Å². The number of nitrogens with one attached hydrogen (secondary N) is 1. The number of carbonyl (C=O) groups is 1. The van der Waals surface area contributed by atoms with Gasteiger partial charge in [0.25, 0.3) is 0 Å². The van der Waals surface area contributed by atoms with Crippen molar-refractivity contribution in [1.82, 2.24) is 0 Å². The fourth-order valence-electron chi connectivity index (χ4n) is 3.57. The first-order valence-corrected chi connectivity index (χ1v) is 8.99. The first kappa shape index (κ1) is 16.7. The van der Waals surface area contributed by atoms with Gasteiger partial charge in [-0.2, -0.15) is 0 Å². The van der Waals surface area contributed by atoms with Crippen molar-refractivity contribution in [3.05, 3.63) is 88.9 Å². The van der Waals surface area contributed by atoms with Crippen molar-refractivity contribution in [3.8, 4) is 0 Å². The van der Waals surface area contributed by atoms with Gasteiger partial charge < -0.3 is 10.2 Å². The molecule has 1 aliphatic rings. The Bertz CT molecular complexity index is 970. The number of benzene rings is 3. The van der Waals surface area contributed by atoms with Crippen molar-refractivity contribution >= 4 is 34.6 Å². The predicted octanol–water partition coefficient (Wildman–Crippen LogP) is 5.39. The number of fused-ring (bicyclic) bond motifs is 2. The van der Waals surface area contributed by atoms with Crippen LogP contribution in [0.15, 0.2) is 72.8 Å². The lowest BCUT2D eigenvalue weighted by molar-refractivity contribution is -0.117. The fraction of sp³-hybridized carbons (Fsp3) is 0.136. The number of rotatable bonds is 2. The Kier molecular flexibility index (Phi) is 4.39. The highest BCUT2D eigenvalue weighted by Crippen LogP contribution is 2.40. The number of hydrogen-bond donors (Lipinski definition) is 1. The summed E-state index contributed by atoms with van der Waals surface area (Å²) in [7, 11) is 2.05. The van der Waals surface area contributed by atoms with E-state index in [9.17, 15) is 4.79 Å². The maximum atomic E-state index is 13.2. The summed E-state index contributed by atoms with van der Waals surface area (Å²) in [5, 5.41) is 3.55. The molecule has 0 aliphatic carbocycles. The molecule has 1 heterocycles. The predicted molar refractivity (Wildman–Crippen MR) is 107 cm³/mol. The lowest BCUT2D eigenvalue weighted by Crippen LogP contribution is -2.23. The summed E-state index contributed by atoms with van der Waals surface area (Å²) < 4.78 is 0. The van der Waals surface area contributed by atoms with Crippen LogP contribution in [0.25, 0.3) is 0 Å². The third kappa shape index (κ3) is 2.95. The molecule has 0 saturated carbocycles. The van der Waals surface area contributed by atoms with E-state index in [4.69, 9.17) is 11.6 Å². The SMILES string of the molecule is CN1c2ccccc2CC(C(=O)Nc2ccccc2Cl)c2ccccc21. The number of hydrogen-bond acceptors (Lipinski definition) is 2. The second-order valence-electron chi connectivity index (χ2n) is 6.47. The molecule has 1 unspecified atom stereocenters. The molecule has 1 amide bonds. The van der Waals surface area contributed by atoms with Crippen LogP contribution < -0.4 is 10.2 Å². The number of para-hydroxylation sites is 3. The van der Waals surface area contributed by atoms with Crippen LogP contribution in [0.1, 0.15) is 17.0 Å². The highest BCUT2D eigenvalue weighted by molar-refractivity contribution is 6.33. The molecule has 130 valence electrons. The quantitative estimate of drug-likeness (QED) is 0.663. The molecule has 0 bridgehead atoms. The van der Waals surface area contributed by atoms with Crippen LogP contribution in [-0.4, -0.2) is 13.0 Å². The van der Waals surface area contributed by atoms with Gasteiger partial charge >= 0.3 is 0 Å². The van der Waals surface area contributed by atoms with E-state index < -0.39 is 0 Å². The van der Waals surface area contributed by atoms with Crippen LogP contribution in [0.2, 0.25) is 5.02 Å². The van der Waals surface area contributed by atoms with E-state index in [1.165, 1.54) is 0 Å². The van der Waals surface area contributed by atoms with Gasteiger partial charge in [-0.05, 0) is 41.8 Å². The van der Waals surface area contributed by atoms with Crippen LogP contribution >= 0.6 is 11.6 Å². The summed E-state index contributed by atoms with van der Waals surface area (Å²) in [6.45, 7) is 0. The van der Waals surface area contributed by atoms with Gasteiger partial charge in [0, 0.05) is 18.4 Å². The van der Waals surface area contributed by atoms with Crippen molar-refractivity contribution < 1.29 is 4.79 Å². The lowest BCUT2D eigenvalue weighted by Gasteiger charge is -2.22. The fourth-order valence-corrected chi connectivity index (χ4v) is 3.76. The first-order chi connectivity index (χ1) is 12.6. The number of halogens is 1. The minimum Gasteiger partial charge on any atom is -0.344 e. The van der Waals surface area contributed by atoms with E-state index in [1.807, 2.05) is 55.6 Å². The molecular weight excluding hydrogens is 344 g/mol. The van der Waals surface area contributed by atoms with Crippen LogP contribution in [0, 0.1) is 0 Å².